The van der Waals surface area contributed by atoms with E-state index >= 15 is 0 Å². The lowest BCUT2D eigenvalue weighted by atomic mass is 10.1. The van der Waals surface area contributed by atoms with Gasteiger partial charge in [-0.05, 0) is 49.6 Å². The Morgan fingerprint density at radius 1 is 1.04 bits per heavy atom. The summed E-state index contributed by atoms with van der Waals surface area (Å²) in [5, 5.41) is 6.78. The van der Waals surface area contributed by atoms with Crippen molar-refractivity contribution in [1.29, 1.82) is 0 Å². The highest BCUT2D eigenvalue weighted by atomic mass is 16.5. The van der Waals surface area contributed by atoms with E-state index < -0.39 is 0 Å². The normalized spacial score (nSPS) is 14.8. The van der Waals surface area contributed by atoms with Crippen molar-refractivity contribution in [2.75, 3.05) is 37.7 Å². The molecular formula is C23H32N4O. The van der Waals surface area contributed by atoms with Crippen molar-refractivity contribution >= 4 is 11.6 Å². The van der Waals surface area contributed by atoms with Crippen molar-refractivity contribution in [2.45, 2.75) is 33.9 Å². The fraction of sp³-hybridized carbons (Fsp3) is 0.435. The van der Waals surface area contributed by atoms with Gasteiger partial charge in [0.1, 0.15) is 0 Å². The molecule has 3 rings (SSSR count). The van der Waals surface area contributed by atoms with E-state index in [-0.39, 0.29) is 0 Å². The van der Waals surface area contributed by atoms with Gasteiger partial charge in [0, 0.05) is 31.9 Å². The summed E-state index contributed by atoms with van der Waals surface area (Å²) in [5.74, 6) is 0.847. The molecule has 0 unspecified atom stereocenters. The molecule has 0 radical (unpaired) electrons. The third-order valence-corrected chi connectivity index (χ3v) is 5.02. The summed E-state index contributed by atoms with van der Waals surface area (Å²) >= 11 is 0. The zero-order valence-corrected chi connectivity index (χ0v) is 17.3. The lowest BCUT2D eigenvalue weighted by molar-refractivity contribution is 0.122. The maximum Gasteiger partial charge on any atom is 0.191 e. The van der Waals surface area contributed by atoms with Gasteiger partial charge < -0.3 is 20.3 Å². The van der Waals surface area contributed by atoms with E-state index in [1.807, 2.05) is 0 Å². The number of hydrogen-bond donors (Lipinski definition) is 2. The Morgan fingerprint density at radius 2 is 1.79 bits per heavy atom. The van der Waals surface area contributed by atoms with Gasteiger partial charge in [0.05, 0.1) is 19.8 Å². The number of aliphatic imine (C=N–C) groups is 1. The number of rotatable bonds is 6. The predicted octanol–water partition coefficient (Wildman–Crippen LogP) is 3.40. The Hall–Kier alpha value is -2.53. The Balaban J connectivity index is 1.58. The van der Waals surface area contributed by atoms with E-state index in [1.54, 1.807) is 0 Å². The molecule has 1 saturated heterocycles. The van der Waals surface area contributed by atoms with Crippen LogP contribution < -0.4 is 15.5 Å². The molecule has 0 amide bonds. The van der Waals surface area contributed by atoms with Gasteiger partial charge in [-0.2, -0.15) is 0 Å². The van der Waals surface area contributed by atoms with Crippen LogP contribution in [-0.4, -0.2) is 38.8 Å². The van der Waals surface area contributed by atoms with Crippen molar-refractivity contribution in [2.24, 2.45) is 4.99 Å². The van der Waals surface area contributed by atoms with Crippen LogP contribution in [0.1, 0.15) is 29.2 Å². The van der Waals surface area contributed by atoms with Crippen molar-refractivity contribution in [1.82, 2.24) is 10.6 Å². The van der Waals surface area contributed by atoms with Gasteiger partial charge in [0.25, 0.3) is 0 Å². The molecule has 1 aliphatic heterocycles. The predicted molar refractivity (Wildman–Crippen MR) is 117 cm³/mol. The Kier molecular flexibility index (Phi) is 7.31. The van der Waals surface area contributed by atoms with Crippen molar-refractivity contribution in [3.8, 4) is 0 Å². The Morgan fingerprint density at radius 3 is 2.46 bits per heavy atom. The molecule has 1 heterocycles. The first-order valence-electron chi connectivity index (χ1n) is 10.2. The number of anilines is 1. The summed E-state index contributed by atoms with van der Waals surface area (Å²) in [5.41, 5.74) is 6.37. The highest BCUT2D eigenvalue weighted by molar-refractivity contribution is 5.79. The van der Waals surface area contributed by atoms with E-state index in [0.29, 0.717) is 6.54 Å². The minimum atomic E-state index is 0.658. The van der Waals surface area contributed by atoms with Crippen molar-refractivity contribution in [3.05, 3.63) is 64.7 Å². The lowest BCUT2D eigenvalue weighted by Gasteiger charge is -2.28. The quantitative estimate of drug-likeness (QED) is 0.596. The summed E-state index contributed by atoms with van der Waals surface area (Å²) in [7, 11) is 0. The zero-order chi connectivity index (χ0) is 19.8. The molecule has 28 heavy (non-hydrogen) atoms. The Labute approximate surface area is 168 Å². The second kappa shape index (κ2) is 10.1. The van der Waals surface area contributed by atoms with Crippen molar-refractivity contribution in [3.63, 3.8) is 0 Å². The molecular weight excluding hydrogens is 348 g/mol. The molecule has 0 atom stereocenters. The summed E-state index contributed by atoms with van der Waals surface area (Å²) in [6.07, 6.45) is 0. The first-order chi connectivity index (χ1) is 13.7. The molecule has 150 valence electrons. The molecule has 0 spiro atoms. The number of hydrogen-bond acceptors (Lipinski definition) is 3. The molecule has 5 heteroatoms. The maximum absolute atomic E-state index is 5.43. The van der Waals surface area contributed by atoms with Crippen LogP contribution in [0.25, 0.3) is 0 Å². The number of nitrogens with zero attached hydrogens (tertiary/aromatic N) is 2. The van der Waals surface area contributed by atoms with Gasteiger partial charge in [-0.3, -0.25) is 0 Å². The SMILES string of the molecule is CCNC(=NCc1ccc(N2CCOCC2)cc1)NCc1ccc(C)cc1C. The summed E-state index contributed by atoms with van der Waals surface area (Å²) in [4.78, 5) is 7.12. The minimum absolute atomic E-state index is 0.658. The molecule has 2 aromatic carbocycles. The van der Waals surface area contributed by atoms with Crippen LogP contribution in [0, 0.1) is 13.8 Å². The van der Waals surface area contributed by atoms with E-state index in [9.17, 15) is 0 Å². The van der Waals surface area contributed by atoms with Gasteiger partial charge >= 0.3 is 0 Å². The van der Waals surface area contributed by atoms with Crippen LogP contribution >= 0.6 is 0 Å². The van der Waals surface area contributed by atoms with Gasteiger partial charge in [-0.25, -0.2) is 4.99 Å². The monoisotopic (exact) mass is 380 g/mol. The third kappa shape index (κ3) is 5.73. The lowest BCUT2D eigenvalue weighted by Crippen LogP contribution is -2.37. The number of nitrogens with one attached hydrogen (secondary N) is 2. The largest absolute Gasteiger partial charge is 0.378 e. The maximum atomic E-state index is 5.43. The van der Waals surface area contributed by atoms with Gasteiger partial charge in [-0.15, -0.1) is 0 Å². The average Bonchev–Trinajstić information content (AvgIpc) is 2.72. The highest BCUT2D eigenvalue weighted by Crippen LogP contribution is 2.17. The van der Waals surface area contributed by atoms with Crippen LogP contribution in [-0.2, 0) is 17.8 Å². The van der Waals surface area contributed by atoms with E-state index in [0.717, 1.165) is 45.4 Å². The van der Waals surface area contributed by atoms with Crippen LogP contribution in [0.5, 0.6) is 0 Å². The molecule has 2 aromatic rings. The number of morpholine rings is 1. The van der Waals surface area contributed by atoms with E-state index in [4.69, 9.17) is 9.73 Å². The second-order valence-electron chi connectivity index (χ2n) is 7.24. The minimum Gasteiger partial charge on any atom is -0.378 e. The van der Waals surface area contributed by atoms with Gasteiger partial charge in [0.15, 0.2) is 5.96 Å². The van der Waals surface area contributed by atoms with Crippen LogP contribution in [0.3, 0.4) is 0 Å². The summed E-state index contributed by atoms with van der Waals surface area (Å²) in [6.45, 7) is 12.2. The van der Waals surface area contributed by atoms with Crippen LogP contribution in [0.4, 0.5) is 5.69 Å². The molecule has 0 saturated carbocycles. The van der Waals surface area contributed by atoms with Gasteiger partial charge in [-0.1, -0.05) is 35.9 Å². The molecule has 1 aliphatic rings. The summed E-state index contributed by atoms with van der Waals surface area (Å²) < 4.78 is 5.43. The Bertz CT molecular complexity index is 780. The molecule has 2 N–H and O–H groups in total. The topological polar surface area (TPSA) is 48.9 Å². The standard InChI is InChI=1S/C23H32N4O/c1-4-24-23(26-17-21-8-5-18(2)15-19(21)3)25-16-20-6-9-22(10-7-20)27-11-13-28-14-12-27/h5-10,15H,4,11-14,16-17H2,1-3H3,(H2,24,25,26). The van der Waals surface area contributed by atoms with E-state index in [2.05, 4.69) is 78.8 Å². The second-order valence-corrected chi connectivity index (χ2v) is 7.24. The van der Waals surface area contributed by atoms with Crippen molar-refractivity contribution < 1.29 is 4.74 Å². The van der Waals surface area contributed by atoms with Crippen LogP contribution in [0.15, 0.2) is 47.5 Å². The molecule has 0 aliphatic carbocycles. The number of benzene rings is 2. The number of guanidine groups is 1. The fourth-order valence-corrected chi connectivity index (χ4v) is 3.37. The first kappa shape index (κ1) is 20.2. The molecule has 1 fully saturated rings. The van der Waals surface area contributed by atoms with Crippen LogP contribution in [0.2, 0.25) is 0 Å². The zero-order valence-electron chi connectivity index (χ0n) is 17.3. The fourth-order valence-electron chi connectivity index (χ4n) is 3.37. The highest BCUT2D eigenvalue weighted by Gasteiger charge is 2.10. The smallest absolute Gasteiger partial charge is 0.191 e. The van der Waals surface area contributed by atoms with E-state index in [1.165, 1.54) is 27.9 Å². The van der Waals surface area contributed by atoms with Gasteiger partial charge in [0.2, 0.25) is 0 Å². The molecule has 0 bridgehead atoms. The number of aryl methyl sites for hydroxylation is 2. The molecule has 0 aromatic heterocycles. The average molecular weight is 381 g/mol. The number of ether oxygens (including phenoxy) is 1. The molecule has 5 nitrogen and oxygen atoms in total. The third-order valence-electron chi connectivity index (χ3n) is 5.02. The first-order valence-corrected chi connectivity index (χ1v) is 10.2. The summed E-state index contributed by atoms with van der Waals surface area (Å²) in [6, 6.07) is 15.3.